The van der Waals surface area contributed by atoms with Gasteiger partial charge in [0, 0.05) is 42.7 Å². The van der Waals surface area contributed by atoms with E-state index in [0.717, 1.165) is 5.82 Å². The highest BCUT2D eigenvalue weighted by Gasteiger charge is 2.22. The summed E-state index contributed by atoms with van der Waals surface area (Å²) in [5.41, 5.74) is 7.67. The van der Waals surface area contributed by atoms with Crippen LogP contribution in [0.5, 0.6) is 0 Å². The molecule has 4 aromatic rings. The first-order chi connectivity index (χ1) is 12.5. The van der Waals surface area contributed by atoms with Crippen molar-refractivity contribution in [1.29, 1.82) is 0 Å². The summed E-state index contributed by atoms with van der Waals surface area (Å²) in [4.78, 5) is 4.48. The smallest absolute Gasteiger partial charge is 0.300 e. The number of aryl methyl sites for hydroxylation is 4. The Kier molecular flexibility index (Phi) is 3.87. The molecule has 0 aliphatic carbocycles. The fourth-order valence-electron chi connectivity index (χ4n) is 4.19. The predicted molar refractivity (Wildman–Crippen MR) is 107 cm³/mol. The average molecular weight is 342 g/mol. The molecule has 0 N–H and O–H groups in total. The van der Waals surface area contributed by atoms with Crippen molar-refractivity contribution in [1.82, 2.24) is 9.55 Å². The Balaban J connectivity index is 2.09. The summed E-state index contributed by atoms with van der Waals surface area (Å²) in [6, 6.07) is 12.9. The Morgan fingerprint density at radius 2 is 1.73 bits per heavy atom. The first kappa shape index (κ1) is 16.5. The average Bonchev–Trinajstić information content (AvgIpc) is 2.92. The van der Waals surface area contributed by atoms with Gasteiger partial charge < -0.3 is 4.57 Å². The molecule has 3 nitrogen and oxygen atoms in total. The molecule has 0 spiro atoms. The van der Waals surface area contributed by atoms with Crippen LogP contribution in [0.3, 0.4) is 0 Å². The van der Waals surface area contributed by atoms with E-state index in [0.29, 0.717) is 0 Å². The van der Waals surface area contributed by atoms with Gasteiger partial charge in [0.2, 0.25) is 0 Å². The number of aromatic nitrogens is 3. The predicted octanol–water partition coefficient (Wildman–Crippen LogP) is 4.75. The first-order valence-corrected chi connectivity index (χ1v) is 8.98. The summed E-state index contributed by atoms with van der Waals surface area (Å²) < 4.78 is 4.44. The van der Waals surface area contributed by atoms with E-state index in [9.17, 15) is 0 Å². The van der Waals surface area contributed by atoms with Gasteiger partial charge >= 0.3 is 0 Å². The van der Waals surface area contributed by atoms with E-state index >= 15 is 0 Å². The van der Waals surface area contributed by atoms with Gasteiger partial charge in [-0.3, -0.25) is 0 Å². The standard InChI is InChI=1S/C23H24N3/c1-15-13-16(2)22(26-12-8-11-24-18(26)4)17(3)21(15)23-20-10-7-6-9-19(20)14-25(23)5/h6-14H,1-5H3/q+1. The van der Waals surface area contributed by atoms with E-state index in [-0.39, 0.29) is 0 Å². The number of fused-ring (bicyclic) bond motifs is 1. The Labute approximate surface area is 154 Å². The second kappa shape index (κ2) is 6.10. The Hall–Kier alpha value is -2.94. The zero-order valence-corrected chi connectivity index (χ0v) is 16.0. The summed E-state index contributed by atoms with van der Waals surface area (Å²) in [7, 11) is 2.14. The van der Waals surface area contributed by atoms with E-state index < -0.39 is 0 Å². The molecule has 3 heteroatoms. The van der Waals surface area contributed by atoms with Gasteiger partial charge in [0.1, 0.15) is 18.1 Å². The lowest BCUT2D eigenvalue weighted by molar-refractivity contribution is -0.607. The zero-order valence-electron chi connectivity index (χ0n) is 16.0. The molecule has 0 bridgehead atoms. The van der Waals surface area contributed by atoms with Gasteiger partial charge in [-0.2, -0.15) is 4.57 Å². The van der Waals surface area contributed by atoms with Crippen molar-refractivity contribution in [2.75, 3.05) is 0 Å². The highest BCUT2D eigenvalue weighted by Crippen LogP contribution is 2.36. The lowest BCUT2D eigenvalue weighted by Crippen LogP contribution is -2.36. The largest absolute Gasteiger partial charge is 0.349 e. The molecule has 2 aromatic carbocycles. The molecule has 0 amide bonds. The Morgan fingerprint density at radius 1 is 0.962 bits per heavy atom. The van der Waals surface area contributed by atoms with E-state index in [1.807, 2.05) is 12.3 Å². The summed E-state index contributed by atoms with van der Waals surface area (Å²) in [6.07, 6.45) is 6.15. The maximum absolute atomic E-state index is 4.48. The SMILES string of the molecule is Cc1cc(C)c(-[n+]2cccnc2C)c(C)c1-c1c2ccccc2cn1C. The van der Waals surface area contributed by atoms with E-state index in [2.05, 4.69) is 91.6 Å². The van der Waals surface area contributed by atoms with Gasteiger partial charge in [-0.05, 0) is 37.3 Å². The van der Waals surface area contributed by atoms with Crippen LogP contribution in [0.1, 0.15) is 22.5 Å². The molecule has 0 atom stereocenters. The molecule has 0 radical (unpaired) electrons. The minimum absolute atomic E-state index is 0.991. The van der Waals surface area contributed by atoms with E-state index in [1.165, 1.54) is 44.4 Å². The molecule has 0 unspecified atom stereocenters. The number of rotatable bonds is 2. The molecule has 130 valence electrons. The van der Waals surface area contributed by atoms with Gasteiger partial charge in [-0.15, -0.1) is 0 Å². The third kappa shape index (κ3) is 2.43. The zero-order chi connectivity index (χ0) is 18.4. The van der Waals surface area contributed by atoms with Crippen molar-refractivity contribution in [3.63, 3.8) is 0 Å². The highest BCUT2D eigenvalue weighted by atomic mass is 15.0. The summed E-state index contributed by atoms with van der Waals surface area (Å²) in [6.45, 7) is 8.67. The molecular weight excluding hydrogens is 318 g/mol. The molecule has 0 aliphatic rings. The van der Waals surface area contributed by atoms with Crippen molar-refractivity contribution in [2.45, 2.75) is 27.7 Å². The van der Waals surface area contributed by atoms with Gasteiger partial charge in [0.05, 0.1) is 5.69 Å². The lowest BCUT2D eigenvalue weighted by Gasteiger charge is -2.17. The molecule has 0 fully saturated rings. The van der Waals surface area contributed by atoms with E-state index in [1.54, 1.807) is 0 Å². The minimum atomic E-state index is 0.991. The Morgan fingerprint density at radius 3 is 2.50 bits per heavy atom. The Bertz CT molecular complexity index is 1140. The quantitative estimate of drug-likeness (QED) is 0.482. The van der Waals surface area contributed by atoms with Crippen LogP contribution in [0.15, 0.2) is 55.0 Å². The number of hydrogen-bond donors (Lipinski definition) is 0. The lowest BCUT2D eigenvalue weighted by atomic mass is 9.93. The molecule has 0 saturated carbocycles. The highest BCUT2D eigenvalue weighted by molar-refractivity contribution is 5.98. The van der Waals surface area contributed by atoms with Crippen LogP contribution in [0.2, 0.25) is 0 Å². The molecule has 26 heavy (non-hydrogen) atoms. The molecule has 0 aliphatic heterocycles. The van der Waals surface area contributed by atoms with Gasteiger partial charge in [0.25, 0.3) is 5.82 Å². The first-order valence-electron chi connectivity index (χ1n) is 8.98. The maximum atomic E-state index is 4.48. The molecular formula is C23H24N3+. The van der Waals surface area contributed by atoms with Crippen molar-refractivity contribution >= 4 is 10.8 Å². The number of benzene rings is 2. The summed E-state index contributed by atoms with van der Waals surface area (Å²) in [5, 5.41) is 2.57. The fraction of sp³-hybridized carbons (Fsp3) is 0.217. The number of hydrogen-bond acceptors (Lipinski definition) is 1. The second-order valence-electron chi connectivity index (χ2n) is 7.07. The third-order valence-corrected chi connectivity index (χ3v) is 5.24. The fourth-order valence-corrected chi connectivity index (χ4v) is 4.19. The summed E-state index contributed by atoms with van der Waals surface area (Å²) in [5.74, 6) is 0.991. The molecule has 0 saturated heterocycles. The van der Waals surface area contributed by atoms with Crippen LogP contribution in [0, 0.1) is 27.7 Å². The molecule has 2 heterocycles. The van der Waals surface area contributed by atoms with Crippen LogP contribution in [0.25, 0.3) is 27.7 Å². The summed E-state index contributed by atoms with van der Waals surface area (Å²) >= 11 is 0. The third-order valence-electron chi connectivity index (χ3n) is 5.24. The number of nitrogens with zero attached hydrogens (tertiary/aromatic N) is 3. The molecule has 4 rings (SSSR count). The van der Waals surface area contributed by atoms with Crippen LogP contribution < -0.4 is 4.57 Å². The minimum Gasteiger partial charge on any atom is -0.349 e. The van der Waals surface area contributed by atoms with Gasteiger partial charge in [0.15, 0.2) is 0 Å². The van der Waals surface area contributed by atoms with Crippen molar-refractivity contribution in [2.24, 2.45) is 7.05 Å². The second-order valence-corrected chi connectivity index (χ2v) is 7.07. The van der Waals surface area contributed by atoms with Crippen molar-refractivity contribution in [3.8, 4) is 16.9 Å². The monoisotopic (exact) mass is 342 g/mol. The van der Waals surface area contributed by atoms with Crippen LogP contribution >= 0.6 is 0 Å². The van der Waals surface area contributed by atoms with Gasteiger partial charge in [-0.1, -0.05) is 35.3 Å². The van der Waals surface area contributed by atoms with Crippen LogP contribution in [-0.2, 0) is 7.05 Å². The molecule has 2 aromatic heterocycles. The topological polar surface area (TPSA) is 21.7 Å². The van der Waals surface area contributed by atoms with Crippen molar-refractivity contribution < 1.29 is 4.57 Å². The normalized spacial score (nSPS) is 11.3. The van der Waals surface area contributed by atoms with E-state index in [4.69, 9.17) is 0 Å². The van der Waals surface area contributed by atoms with Crippen molar-refractivity contribution in [3.05, 3.63) is 77.5 Å². The van der Waals surface area contributed by atoms with Gasteiger partial charge in [-0.25, -0.2) is 0 Å². The van der Waals surface area contributed by atoms with Crippen LogP contribution in [-0.4, -0.2) is 9.55 Å². The maximum Gasteiger partial charge on any atom is 0.300 e. The van der Waals surface area contributed by atoms with Crippen LogP contribution in [0.4, 0.5) is 0 Å².